The molecule has 0 saturated heterocycles. The summed E-state index contributed by atoms with van der Waals surface area (Å²) in [7, 11) is 3.22. The second kappa shape index (κ2) is 8.66. The smallest absolute Gasteiger partial charge is 0.269 e. The van der Waals surface area contributed by atoms with Gasteiger partial charge in [-0.3, -0.25) is 9.48 Å². The lowest BCUT2D eigenvalue weighted by Gasteiger charge is -2.04. The van der Waals surface area contributed by atoms with E-state index in [1.54, 1.807) is 39.3 Å². The minimum Gasteiger partial charge on any atom is -0.471 e. The molecule has 1 aromatic carbocycles. The number of nitrogens with zero attached hydrogens (tertiary/aromatic N) is 3. The fraction of sp³-hybridized carbons (Fsp3) is 0.316. The van der Waals surface area contributed by atoms with Crippen LogP contribution < -0.4 is 10.1 Å². The number of aromatic nitrogens is 3. The summed E-state index contributed by atoms with van der Waals surface area (Å²) in [5.74, 6) is 0.291. The van der Waals surface area contributed by atoms with Crippen LogP contribution in [0, 0.1) is 12.7 Å². The Morgan fingerprint density at radius 2 is 2.07 bits per heavy atom. The number of carbonyl (C=O) groups is 1. The molecular formula is C19H21FN4O4. The van der Waals surface area contributed by atoms with Gasteiger partial charge in [0.2, 0.25) is 5.88 Å². The predicted octanol–water partition coefficient (Wildman–Crippen LogP) is 2.48. The van der Waals surface area contributed by atoms with Crippen molar-refractivity contribution in [2.24, 2.45) is 7.05 Å². The minimum absolute atomic E-state index is 0.143. The summed E-state index contributed by atoms with van der Waals surface area (Å²) in [6, 6.07) is 7.52. The molecule has 0 radical (unpaired) electrons. The molecule has 9 heteroatoms. The van der Waals surface area contributed by atoms with Crippen LogP contribution in [0.1, 0.15) is 21.8 Å². The quantitative estimate of drug-likeness (QED) is 0.596. The average Bonchev–Trinajstić information content (AvgIpc) is 3.23. The zero-order valence-corrected chi connectivity index (χ0v) is 15.9. The highest BCUT2D eigenvalue weighted by atomic mass is 19.1. The second-order valence-corrected chi connectivity index (χ2v) is 6.10. The van der Waals surface area contributed by atoms with E-state index in [0.717, 1.165) is 11.1 Å². The Hall–Kier alpha value is -3.20. The summed E-state index contributed by atoms with van der Waals surface area (Å²) in [6.45, 7) is 2.74. The first-order chi connectivity index (χ1) is 13.5. The molecule has 0 atom stereocenters. The topological polar surface area (TPSA) is 91.4 Å². The molecule has 3 aromatic rings. The number of nitrogens with one attached hydrogen (secondary N) is 1. The molecule has 0 aliphatic rings. The van der Waals surface area contributed by atoms with Crippen LogP contribution in [-0.4, -0.2) is 41.1 Å². The molecule has 0 spiro atoms. The summed E-state index contributed by atoms with van der Waals surface area (Å²) >= 11 is 0. The first kappa shape index (κ1) is 19.6. The molecule has 0 aliphatic heterocycles. The molecule has 0 saturated carbocycles. The van der Waals surface area contributed by atoms with Gasteiger partial charge < -0.3 is 19.3 Å². The van der Waals surface area contributed by atoms with Gasteiger partial charge in [0.1, 0.15) is 29.6 Å². The van der Waals surface area contributed by atoms with Crippen molar-refractivity contribution >= 4 is 5.91 Å². The monoisotopic (exact) mass is 388 g/mol. The Morgan fingerprint density at radius 3 is 2.79 bits per heavy atom. The van der Waals surface area contributed by atoms with Crippen LogP contribution in [0.25, 0.3) is 11.3 Å². The molecule has 8 nitrogen and oxygen atoms in total. The summed E-state index contributed by atoms with van der Waals surface area (Å²) in [4.78, 5) is 12.2. The van der Waals surface area contributed by atoms with Gasteiger partial charge in [-0.25, -0.2) is 4.39 Å². The van der Waals surface area contributed by atoms with Crippen LogP contribution in [0.4, 0.5) is 4.39 Å². The first-order valence-electron chi connectivity index (χ1n) is 8.64. The van der Waals surface area contributed by atoms with Crippen molar-refractivity contribution in [3.05, 3.63) is 53.2 Å². The van der Waals surface area contributed by atoms with Crippen molar-refractivity contribution in [1.82, 2.24) is 20.3 Å². The van der Waals surface area contributed by atoms with Crippen LogP contribution in [-0.2, 0) is 18.4 Å². The Balaban J connectivity index is 1.71. The number of hydrogen-bond donors (Lipinski definition) is 1. The molecule has 0 bridgehead atoms. The molecule has 0 fully saturated rings. The zero-order chi connectivity index (χ0) is 20.1. The van der Waals surface area contributed by atoms with Crippen molar-refractivity contribution in [3.8, 4) is 17.1 Å². The molecule has 0 unspecified atom stereocenters. The van der Waals surface area contributed by atoms with E-state index in [4.69, 9.17) is 14.0 Å². The number of methoxy groups -OCH3 is 1. The van der Waals surface area contributed by atoms with Crippen LogP contribution in [0.5, 0.6) is 5.88 Å². The number of aryl methyl sites for hydroxylation is 2. The van der Waals surface area contributed by atoms with E-state index < -0.39 is 0 Å². The summed E-state index contributed by atoms with van der Waals surface area (Å²) in [6.07, 6.45) is 0. The number of hydrogen-bond acceptors (Lipinski definition) is 6. The summed E-state index contributed by atoms with van der Waals surface area (Å²) in [5.41, 5.74) is 2.39. The maximum Gasteiger partial charge on any atom is 0.269 e. The number of halogens is 1. The molecule has 28 heavy (non-hydrogen) atoms. The first-order valence-corrected chi connectivity index (χ1v) is 8.64. The van der Waals surface area contributed by atoms with Crippen molar-refractivity contribution < 1.29 is 23.2 Å². The third kappa shape index (κ3) is 4.37. The molecule has 2 aromatic heterocycles. The molecule has 0 aliphatic carbocycles. The van der Waals surface area contributed by atoms with E-state index >= 15 is 0 Å². The highest BCUT2D eigenvalue weighted by Gasteiger charge is 2.18. The maximum atomic E-state index is 13.2. The van der Waals surface area contributed by atoms with Crippen molar-refractivity contribution in [2.75, 3.05) is 20.3 Å². The Morgan fingerprint density at radius 1 is 1.32 bits per heavy atom. The van der Waals surface area contributed by atoms with E-state index in [2.05, 4.69) is 15.6 Å². The van der Waals surface area contributed by atoms with Gasteiger partial charge in [0, 0.05) is 32.3 Å². The number of ether oxygens (including phenoxy) is 2. The molecule has 2 heterocycles. The zero-order valence-electron chi connectivity index (χ0n) is 15.9. The third-order valence-corrected chi connectivity index (χ3v) is 4.15. The van der Waals surface area contributed by atoms with E-state index in [9.17, 15) is 9.18 Å². The van der Waals surface area contributed by atoms with Gasteiger partial charge in [0.25, 0.3) is 5.91 Å². The third-order valence-electron chi connectivity index (χ3n) is 4.15. The SMILES string of the molecule is COCCNC(=O)c1cc(OCc2c(-c3ccc(F)cc3)noc2C)nn1C. The second-order valence-electron chi connectivity index (χ2n) is 6.10. The highest BCUT2D eigenvalue weighted by molar-refractivity contribution is 5.92. The highest BCUT2D eigenvalue weighted by Crippen LogP contribution is 2.26. The van der Waals surface area contributed by atoms with E-state index in [0.29, 0.717) is 36.2 Å². The van der Waals surface area contributed by atoms with E-state index in [1.165, 1.54) is 16.8 Å². The van der Waals surface area contributed by atoms with Crippen molar-refractivity contribution in [3.63, 3.8) is 0 Å². The number of rotatable bonds is 8. The van der Waals surface area contributed by atoms with Gasteiger partial charge in [-0.05, 0) is 31.2 Å². The minimum atomic E-state index is -0.327. The molecule has 1 N–H and O–H groups in total. The summed E-state index contributed by atoms with van der Waals surface area (Å²) in [5, 5.41) is 11.0. The molecular weight excluding hydrogens is 367 g/mol. The van der Waals surface area contributed by atoms with Crippen molar-refractivity contribution in [2.45, 2.75) is 13.5 Å². The Bertz CT molecular complexity index is 950. The number of carbonyl (C=O) groups excluding carboxylic acids is 1. The lowest BCUT2D eigenvalue weighted by atomic mass is 10.1. The lowest BCUT2D eigenvalue weighted by molar-refractivity contribution is 0.0927. The summed E-state index contributed by atoms with van der Waals surface area (Å²) < 4.78 is 30.5. The van der Waals surface area contributed by atoms with Crippen molar-refractivity contribution in [1.29, 1.82) is 0 Å². The van der Waals surface area contributed by atoms with Crippen LogP contribution in [0.15, 0.2) is 34.9 Å². The average molecular weight is 388 g/mol. The van der Waals surface area contributed by atoms with Gasteiger partial charge in [-0.15, -0.1) is 5.10 Å². The van der Waals surface area contributed by atoms with Gasteiger partial charge in [0.15, 0.2) is 0 Å². The van der Waals surface area contributed by atoms with Gasteiger partial charge in [0.05, 0.1) is 12.2 Å². The largest absolute Gasteiger partial charge is 0.471 e. The fourth-order valence-electron chi connectivity index (χ4n) is 2.62. The van der Waals surface area contributed by atoms with Gasteiger partial charge in [-0.1, -0.05) is 5.16 Å². The molecule has 148 valence electrons. The van der Waals surface area contributed by atoms with Crippen LogP contribution in [0.2, 0.25) is 0 Å². The normalized spacial score (nSPS) is 10.9. The van der Waals surface area contributed by atoms with E-state index in [1.807, 2.05) is 0 Å². The molecule has 3 rings (SSSR count). The van der Waals surface area contributed by atoms with Gasteiger partial charge >= 0.3 is 0 Å². The fourth-order valence-corrected chi connectivity index (χ4v) is 2.62. The molecule has 1 amide bonds. The van der Waals surface area contributed by atoms with Crippen LogP contribution in [0.3, 0.4) is 0 Å². The number of amides is 1. The predicted molar refractivity (Wildman–Crippen MR) is 98.4 cm³/mol. The Labute approximate surface area is 161 Å². The van der Waals surface area contributed by atoms with Gasteiger partial charge in [-0.2, -0.15) is 0 Å². The number of benzene rings is 1. The van der Waals surface area contributed by atoms with Crippen LogP contribution >= 0.6 is 0 Å². The lowest BCUT2D eigenvalue weighted by Crippen LogP contribution is -2.28. The maximum absolute atomic E-state index is 13.2. The van der Waals surface area contributed by atoms with E-state index in [-0.39, 0.29) is 18.3 Å². The Kier molecular flexibility index (Phi) is 6.05. The standard InChI is InChI=1S/C19H21FN4O4/c1-12-15(18(23-28-12)13-4-6-14(20)7-5-13)11-27-17-10-16(24(2)22-17)19(25)21-8-9-26-3/h4-7,10H,8-9,11H2,1-3H3,(H,21,25).